The first-order valence-corrected chi connectivity index (χ1v) is 6.02. The molecule has 2 heterocycles. The first-order valence-electron chi connectivity index (χ1n) is 6.02. The van der Waals surface area contributed by atoms with Crippen LogP contribution in [0.5, 0.6) is 0 Å². The zero-order valence-electron chi connectivity index (χ0n) is 9.96. The Morgan fingerprint density at radius 3 is 2.94 bits per heavy atom. The fraction of sp³-hybridized carbons (Fsp3) is 0.583. The number of carboxylic acids is 1. The Kier molecular flexibility index (Phi) is 3.56. The van der Waals surface area contributed by atoms with Crippen LogP contribution >= 0.6 is 0 Å². The summed E-state index contributed by atoms with van der Waals surface area (Å²) in [5.74, 6) is 0.490. The van der Waals surface area contributed by atoms with Gasteiger partial charge in [0, 0.05) is 13.1 Å². The van der Waals surface area contributed by atoms with Gasteiger partial charge in [0.05, 0.1) is 0 Å². The second-order valence-corrected chi connectivity index (χ2v) is 4.47. The fourth-order valence-corrected chi connectivity index (χ4v) is 2.29. The zero-order chi connectivity index (χ0) is 12.3. The first-order chi connectivity index (χ1) is 8.20. The predicted octanol–water partition coefficient (Wildman–Crippen LogP) is 1.80. The van der Waals surface area contributed by atoms with Gasteiger partial charge in [-0.2, -0.15) is 0 Å². The normalized spacial score (nSPS) is 19.6. The lowest BCUT2D eigenvalue weighted by molar-refractivity contribution is 0.0689. The number of nitrogens with zero attached hydrogens (tertiary/aromatic N) is 3. The van der Waals surface area contributed by atoms with Crippen LogP contribution in [-0.4, -0.2) is 34.4 Å². The molecule has 1 unspecified atom stereocenters. The second kappa shape index (κ2) is 5.12. The van der Waals surface area contributed by atoms with E-state index in [1.807, 2.05) is 0 Å². The molecule has 1 aliphatic heterocycles. The third-order valence-electron chi connectivity index (χ3n) is 3.18. The molecule has 0 radical (unpaired) electrons. The molecule has 0 saturated carbocycles. The molecular formula is C12H17N3O2. The van der Waals surface area contributed by atoms with Gasteiger partial charge < -0.3 is 10.0 Å². The van der Waals surface area contributed by atoms with Crippen molar-refractivity contribution in [2.24, 2.45) is 5.92 Å². The Morgan fingerprint density at radius 1 is 1.53 bits per heavy atom. The highest BCUT2D eigenvalue weighted by molar-refractivity contribution is 5.85. The molecule has 1 saturated heterocycles. The molecule has 1 N–H and O–H groups in total. The van der Waals surface area contributed by atoms with E-state index in [0.717, 1.165) is 24.8 Å². The van der Waals surface area contributed by atoms with Gasteiger partial charge >= 0.3 is 5.97 Å². The maximum atomic E-state index is 10.7. The van der Waals surface area contributed by atoms with Crippen molar-refractivity contribution >= 4 is 11.8 Å². The van der Waals surface area contributed by atoms with E-state index in [1.165, 1.54) is 25.3 Å². The van der Waals surface area contributed by atoms with Gasteiger partial charge in [-0.15, -0.1) is 10.2 Å². The Bertz CT molecular complexity index is 391. The van der Waals surface area contributed by atoms with Crippen LogP contribution in [0.4, 0.5) is 5.82 Å². The SMILES string of the molecule is CCCC1CCN(c2ccc(C(=O)O)nn2)C1. The van der Waals surface area contributed by atoms with Crippen molar-refractivity contribution in [1.29, 1.82) is 0 Å². The highest BCUT2D eigenvalue weighted by Gasteiger charge is 2.23. The number of carbonyl (C=O) groups is 1. The lowest BCUT2D eigenvalue weighted by atomic mass is 10.0. The van der Waals surface area contributed by atoms with Crippen LogP contribution in [0.3, 0.4) is 0 Å². The number of hydrogen-bond acceptors (Lipinski definition) is 4. The standard InChI is InChI=1S/C12H17N3O2/c1-2-3-9-6-7-15(8-9)11-5-4-10(12(16)17)13-14-11/h4-5,9H,2-3,6-8H2,1H3,(H,16,17). The van der Waals surface area contributed by atoms with Crippen LogP contribution in [0.25, 0.3) is 0 Å². The number of carboxylic acid groups (broad SMARTS) is 1. The van der Waals surface area contributed by atoms with Crippen molar-refractivity contribution in [1.82, 2.24) is 10.2 Å². The summed E-state index contributed by atoms with van der Waals surface area (Å²) >= 11 is 0. The summed E-state index contributed by atoms with van der Waals surface area (Å²) in [6, 6.07) is 3.25. The summed E-state index contributed by atoms with van der Waals surface area (Å²) in [5.41, 5.74) is -0.00180. The maximum absolute atomic E-state index is 10.7. The molecular weight excluding hydrogens is 218 g/mol. The second-order valence-electron chi connectivity index (χ2n) is 4.47. The smallest absolute Gasteiger partial charge is 0.356 e. The van der Waals surface area contributed by atoms with Crippen molar-refractivity contribution in [2.75, 3.05) is 18.0 Å². The monoisotopic (exact) mass is 235 g/mol. The van der Waals surface area contributed by atoms with Crippen LogP contribution in [0, 0.1) is 5.92 Å². The average Bonchev–Trinajstić information content (AvgIpc) is 2.78. The van der Waals surface area contributed by atoms with E-state index in [0.29, 0.717) is 0 Å². The molecule has 5 nitrogen and oxygen atoms in total. The molecule has 2 rings (SSSR count). The van der Waals surface area contributed by atoms with E-state index in [1.54, 1.807) is 6.07 Å². The van der Waals surface area contributed by atoms with Gasteiger partial charge in [-0.3, -0.25) is 0 Å². The molecule has 0 aromatic carbocycles. The molecule has 1 aromatic heterocycles. The molecule has 0 spiro atoms. The molecule has 5 heteroatoms. The number of aromatic carboxylic acids is 1. The van der Waals surface area contributed by atoms with E-state index in [-0.39, 0.29) is 5.69 Å². The number of anilines is 1. The highest BCUT2D eigenvalue weighted by atomic mass is 16.4. The van der Waals surface area contributed by atoms with E-state index in [2.05, 4.69) is 22.0 Å². The highest BCUT2D eigenvalue weighted by Crippen LogP contribution is 2.24. The van der Waals surface area contributed by atoms with Crippen molar-refractivity contribution < 1.29 is 9.90 Å². The fourth-order valence-electron chi connectivity index (χ4n) is 2.29. The molecule has 1 atom stereocenters. The summed E-state index contributed by atoms with van der Waals surface area (Å²) in [6.45, 7) is 4.20. The third kappa shape index (κ3) is 2.72. The molecule has 17 heavy (non-hydrogen) atoms. The maximum Gasteiger partial charge on any atom is 0.356 e. The van der Waals surface area contributed by atoms with Gasteiger partial charge in [0.15, 0.2) is 11.5 Å². The van der Waals surface area contributed by atoms with E-state index in [9.17, 15) is 4.79 Å². The average molecular weight is 235 g/mol. The summed E-state index contributed by atoms with van der Waals surface area (Å²) < 4.78 is 0. The topological polar surface area (TPSA) is 66.3 Å². The molecule has 1 aromatic rings. The minimum absolute atomic E-state index is 0.00180. The van der Waals surface area contributed by atoms with Crippen LogP contribution in [-0.2, 0) is 0 Å². The van der Waals surface area contributed by atoms with Crippen LogP contribution in [0.1, 0.15) is 36.7 Å². The van der Waals surface area contributed by atoms with E-state index < -0.39 is 5.97 Å². The Balaban J connectivity index is 2.01. The van der Waals surface area contributed by atoms with Gasteiger partial charge in [-0.25, -0.2) is 4.79 Å². The van der Waals surface area contributed by atoms with Crippen molar-refractivity contribution in [3.8, 4) is 0 Å². The molecule has 0 amide bonds. The lowest BCUT2D eigenvalue weighted by Crippen LogP contribution is -2.21. The third-order valence-corrected chi connectivity index (χ3v) is 3.18. The minimum Gasteiger partial charge on any atom is -0.476 e. The van der Waals surface area contributed by atoms with Crippen LogP contribution in [0.2, 0.25) is 0 Å². The molecule has 0 bridgehead atoms. The quantitative estimate of drug-likeness (QED) is 0.862. The summed E-state index contributed by atoms with van der Waals surface area (Å²) in [5, 5.41) is 16.4. The molecule has 1 aliphatic rings. The molecule has 0 aliphatic carbocycles. The largest absolute Gasteiger partial charge is 0.476 e. The van der Waals surface area contributed by atoms with Crippen molar-refractivity contribution in [3.05, 3.63) is 17.8 Å². The van der Waals surface area contributed by atoms with Gasteiger partial charge in [-0.1, -0.05) is 13.3 Å². The summed E-state index contributed by atoms with van der Waals surface area (Å²) in [6.07, 6.45) is 3.65. The van der Waals surface area contributed by atoms with Crippen molar-refractivity contribution in [3.63, 3.8) is 0 Å². The Labute approximate surface area is 100 Å². The first kappa shape index (κ1) is 11.8. The van der Waals surface area contributed by atoms with Crippen LogP contribution in [0.15, 0.2) is 12.1 Å². The summed E-state index contributed by atoms with van der Waals surface area (Å²) in [7, 11) is 0. The molecule has 92 valence electrons. The van der Waals surface area contributed by atoms with E-state index in [4.69, 9.17) is 5.11 Å². The summed E-state index contributed by atoms with van der Waals surface area (Å²) in [4.78, 5) is 12.8. The predicted molar refractivity (Wildman–Crippen MR) is 64.2 cm³/mol. The lowest BCUT2D eigenvalue weighted by Gasteiger charge is -2.16. The van der Waals surface area contributed by atoms with Gasteiger partial charge in [0.2, 0.25) is 0 Å². The number of rotatable bonds is 4. The van der Waals surface area contributed by atoms with Crippen molar-refractivity contribution in [2.45, 2.75) is 26.2 Å². The minimum atomic E-state index is -1.03. The van der Waals surface area contributed by atoms with Gasteiger partial charge in [-0.05, 0) is 30.9 Å². The zero-order valence-corrected chi connectivity index (χ0v) is 9.96. The van der Waals surface area contributed by atoms with Crippen LogP contribution < -0.4 is 4.90 Å². The number of aromatic nitrogens is 2. The van der Waals surface area contributed by atoms with Gasteiger partial charge in [0.1, 0.15) is 0 Å². The van der Waals surface area contributed by atoms with Gasteiger partial charge in [0.25, 0.3) is 0 Å². The number of hydrogen-bond donors (Lipinski definition) is 1. The van der Waals surface area contributed by atoms with E-state index >= 15 is 0 Å². The Morgan fingerprint density at radius 2 is 2.35 bits per heavy atom. The Hall–Kier alpha value is -1.65. The molecule has 1 fully saturated rings.